The lowest BCUT2D eigenvalue weighted by Gasteiger charge is -2.26. The number of guanidine groups is 1. The van der Waals surface area contributed by atoms with E-state index in [2.05, 4.69) is 9.98 Å². The monoisotopic (exact) mass is 327 g/mol. The van der Waals surface area contributed by atoms with Crippen molar-refractivity contribution in [1.29, 1.82) is 0 Å². The average molecular weight is 327 g/mol. The molecule has 0 fully saturated rings. The van der Waals surface area contributed by atoms with Crippen LogP contribution in [0.4, 0.5) is 0 Å². The zero-order valence-corrected chi connectivity index (χ0v) is 14.9. The Bertz CT molecular complexity index is 383. The van der Waals surface area contributed by atoms with Crippen LogP contribution in [-0.4, -0.2) is 66.9 Å². The van der Waals surface area contributed by atoms with Crippen molar-refractivity contribution in [2.45, 2.75) is 69.9 Å². The summed E-state index contributed by atoms with van der Waals surface area (Å²) in [4.78, 5) is 10.6. The van der Waals surface area contributed by atoms with Crippen molar-refractivity contribution in [2.75, 3.05) is 27.8 Å². The van der Waals surface area contributed by atoms with Crippen LogP contribution < -0.4 is 0 Å². The van der Waals surface area contributed by atoms with E-state index < -0.39 is 6.10 Å². The van der Waals surface area contributed by atoms with Gasteiger partial charge in [-0.25, -0.2) is 4.99 Å². The average Bonchev–Trinajstić information content (AvgIpc) is 2.54. The van der Waals surface area contributed by atoms with Gasteiger partial charge in [-0.2, -0.15) is 4.99 Å². The summed E-state index contributed by atoms with van der Waals surface area (Å²) in [6.45, 7) is 0.311. The maximum atomic E-state index is 10.2. The molecule has 0 aromatic rings. The minimum Gasteiger partial charge on any atom is -0.482 e. The number of aliphatic hydroxyl groups is 2. The van der Waals surface area contributed by atoms with E-state index in [1.807, 2.05) is 19.0 Å². The highest BCUT2D eigenvalue weighted by atomic mass is 16.5. The van der Waals surface area contributed by atoms with Gasteiger partial charge in [0.2, 0.25) is 11.9 Å². The number of aliphatic imine (C=N–C) groups is 2. The Hall–Kier alpha value is -1.14. The number of unbranched alkanes of at least 4 members (excludes halogenated alkanes) is 7. The molecule has 1 rings (SSSR count). The van der Waals surface area contributed by atoms with Gasteiger partial charge in [0.25, 0.3) is 0 Å². The van der Waals surface area contributed by atoms with E-state index in [9.17, 15) is 5.11 Å². The second kappa shape index (κ2) is 11.4. The number of aliphatic hydroxyl groups excluding tert-OH is 2. The second-order valence-corrected chi connectivity index (χ2v) is 6.33. The Labute approximate surface area is 140 Å². The quantitative estimate of drug-likeness (QED) is 0.603. The highest BCUT2D eigenvalue weighted by molar-refractivity contribution is 5.97. The first-order chi connectivity index (χ1) is 11.1. The first-order valence-electron chi connectivity index (χ1n) is 8.76. The van der Waals surface area contributed by atoms with E-state index in [0.29, 0.717) is 18.5 Å². The number of methoxy groups -OCH3 is 1. The normalized spacial score (nSPS) is 20.9. The summed E-state index contributed by atoms with van der Waals surface area (Å²) < 4.78 is 5.18. The predicted molar refractivity (Wildman–Crippen MR) is 94.0 cm³/mol. The van der Waals surface area contributed by atoms with Crippen LogP contribution in [0.5, 0.6) is 0 Å². The number of nitrogens with zero attached hydrogens (tertiary/aromatic N) is 3. The molecule has 2 N–H and O–H groups in total. The summed E-state index contributed by atoms with van der Waals surface area (Å²) in [6.07, 6.45) is 9.32. The molecule has 0 spiro atoms. The fraction of sp³-hybridized carbons (Fsp3) is 0.882. The van der Waals surface area contributed by atoms with Gasteiger partial charge in [-0.3, -0.25) is 0 Å². The summed E-state index contributed by atoms with van der Waals surface area (Å²) in [5.74, 6) is 0.971. The lowest BCUT2D eigenvalue weighted by Crippen LogP contribution is -2.41. The first kappa shape index (κ1) is 19.9. The van der Waals surface area contributed by atoms with Crippen LogP contribution in [0.25, 0.3) is 0 Å². The lowest BCUT2D eigenvalue weighted by molar-refractivity contribution is 0.168. The number of ether oxygens (including phenoxy) is 1. The Morgan fingerprint density at radius 1 is 1.00 bits per heavy atom. The molecule has 0 aromatic carbocycles. The van der Waals surface area contributed by atoms with Crippen LogP contribution in [0.1, 0.15) is 57.8 Å². The molecule has 2 atom stereocenters. The van der Waals surface area contributed by atoms with E-state index in [1.165, 1.54) is 32.8 Å². The molecule has 0 saturated heterocycles. The van der Waals surface area contributed by atoms with E-state index in [4.69, 9.17) is 9.84 Å². The Morgan fingerprint density at radius 2 is 1.57 bits per heavy atom. The van der Waals surface area contributed by atoms with Crippen LogP contribution in [0.2, 0.25) is 0 Å². The molecule has 1 aliphatic rings. The minimum atomic E-state index is -0.734. The van der Waals surface area contributed by atoms with Crippen molar-refractivity contribution in [3.63, 3.8) is 0 Å². The molecule has 1 heterocycles. The van der Waals surface area contributed by atoms with E-state index >= 15 is 0 Å². The molecule has 6 heteroatoms. The van der Waals surface area contributed by atoms with Crippen molar-refractivity contribution in [2.24, 2.45) is 9.98 Å². The topological polar surface area (TPSA) is 77.7 Å². The van der Waals surface area contributed by atoms with Gasteiger partial charge in [-0.05, 0) is 12.8 Å². The molecule has 0 aromatic heterocycles. The van der Waals surface area contributed by atoms with Crippen molar-refractivity contribution in [3.05, 3.63) is 0 Å². The smallest absolute Gasteiger partial charge is 0.223 e. The van der Waals surface area contributed by atoms with E-state index in [0.717, 1.165) is 32.1 Å². The summed E-state index contributed by atoms with van der Waals surface area (Å²) >= 11 is 0. The fourth-order valence-corrected chi connectivity index (χ4v) is 2.71. The highest BCUT2D eigenvalue weighted by Crippen LogP contribution is 2.18. The standard InChI is InChI=1S/C17H33N3O3/c1-20(2)17-18-14(15(22)16(19-17)23-3)12-10-8-6-4-5-7-9-11-13-21/h14-15,21-22H,4-13H2,1-3H3. The van der Waals surface area contributed by atoms with Gasteiger partial charge in [0.1, 0.15) is 0 Å². The van der Waals surface area contributed by atoms with Gasteiger partial charge in [-0.15, -0.1) is 0 Å². The Balaban J connectivity index is 2.24. The maximum Gasteiger partial charge on any atom is 0.223 e. The molecule has 0 saturated carbocycles. The third-order valence-electron chi connectivity index (χ3n) is 4.13. The van der Waals surface area contributed by atoms with Gasteiger partial charge in [0, 0.05) is 20.7 Å². The van der Waals surface area contributed by atoms with Gasteiger partial charge < -0.3 is 19.8 Å². The SMILES string of the molecule is COC1=NC(N(C)C)=NC(CCCCCCCCCCO)C1O. The number of rotatable bonds is 10. The van der Waals surface area contributed by atoms with Gasteiger partial charge >= 0.3 is 0 Å². The fourth-order valence-electron chi connectivity index (χ4n) is 2.71. The van der Waals surface area contributed by atoms with Crippen molar-refractivity contribution >= 4 is 11.9 Å². The molecule has 23 heavy (non-hydrogen) atoms. The largest absolute Gasteiger partial charge is 0.482 e. The molecule has 0 aliphatic carbocycles. The van der Waals surface area contributed by atoms with Crippen molar-refractivity contribution in [3.8, 4) is 0 Å². The van der Waals surface area contributed by atoms with Crippen LogP contribution in [-0.2, 0) is 4.74 Å². The first-order valence-corrected chi connectivity index (χ1v) is 8.76. The Kier molecular flexibility index (Phi) is 9.87. The lowest BCUT2D eigenvalue weighted by atomic mass is 10.0. The number of hydrogen-bond donors (Lipinski definition) is 2. The third kappa shape index (κ3) is 7.31. The molecule has 0 radical (unpaired) electrons. The summed E-state index contributed by atoms with van der Waals surface area (Å²) in [7, 11) is 5.32. The van der Waals surface area contributed by atoms with E-state index in [1.54, 1.807) is 0 Å². The van der Waals surface area contributed by atoms with Crippen LogP contribution in [0.15, 0.2) is 9.98 Å². The van der Waals surface area contributed by atoms with E-state index in [-0.39, 0.29) is 6.04 Å². The molecule has 0 amide bonds. The summed E-state index contributed by atoms with van der Waals surface area (Å²) in [5, 5.41) is 19.0. The van der Waals surface area contributed by atoms with Crippen molar-refractivity contribution in [1.82, 2.24) is 4.90 Å². The molecule has 2 unspecified atom stereocenters. The molecule has 1 aliphatic heterocycles. The molecular formula is C17H33N3O3. The highest BCUT2D eigenvalue weighted by Gasteiger charge is 2.29. The molecule has 134 valence electrons. The predicted octanol–water partition coefficient (Wildman–Crippen LogP) is 2.20. The van der Waals surface area contributed by atoms with Gasteiger partial charge in [-0.1, -0.05) is 44.9 Å². The van der Waals surface area contributed by atoms with Crippen molar-refractivity contribution < 1.29 is 14.9 Å². The third-order valence-corrected chi connectivity index (χ3v) is 4.13. The van der Waals surface area contributed by atoms with Gasteiger partial charge in [0.15, 0.2) is 6.10 Å². The molecule has 0 bridgehead atoms. The maximum absolute atomic E-state index is 10.2. The van der Waals surface area contributed by atoms with Gasteiger partial charge in [0.05, 0.1) is 13.2 Å². The number of hydrogen-bond acceptors (Lipinski definition) is 6. The molecule has 6 nitrogen and oxygen atoms in total. The minimum absolute atomic E-state index is 0.163. The second-order valence-electron chi connectivity index (χ2n) is 6.33. The van der Waals surface area contributed by atoms with Crippen LogP contribution in [0, 0.1) is 0 Å². The zero-order chi connectivity index (χ0) is 17.1. The molecular weight excluding hydrogens is 294 g/mol. The summed E-state index contributed by atoms with van der Waals surface area (Å²) in [6, 6.07) is -0.163. The summed E-state index contributed by atoms with van der Waals surface area (Å²) in [5.41, 5.74) is 0. The van der Waals surface area contributed by atoms with Crippen LogP contribution >= 0.6 is 0 Å². The van der Waals surface area contributed by atoms with Crippen LogP contribution in [0.3, 0.4) is 0 Å². The Morgan fingerprint density at radius 3 is 2.09 bits per heavy atom. The zero-order valence-electron chi connectivity index (χ0n) is 14.9.